The zero-order valence-electron chi connectivity index (χ0n) is 11.7. The van der Waals surface area contributed by atoms with E-state index in [1.165, 1.54) is 12.1 Å². The molecule has 0 aliphatic heterocycles. The average molecular weight is 332 g/mol. The molecule has 0 spiro atoms. The molecule has 0 radical (unpaired) electrons. The van der Waals surface area contributed by atoms with Crippen molar-refractivity contribution in [2.45, 2.75) is 43.5 Å². The number of carboxylic acids is 1. The SMILES string of the molecule is CC1(C(=O)O)CCCCC1NS(=O)(=O)c1cccc(Cl)c1. The van der Waals surface area contributed by atoms with E-state index in [4.69, 9.17) is 11.6 Å². The smallest absolute Gasteiger partial charge is 0.310 e. The summed E-state index contributed by atoms with van der Waals surface area (Å²) >= 11 is 5.81. The molecule has 116 valence electrons. The first-order valence-corrected chi connectivity index (χ1v) is 8.63. The van der Waals surface area contributed by atoms with Gasteiger partial charge in [-0.25, -0.2) is 13.1 Å². The molecule has 0 amide bonds. The summed E-state index contributed by atoms with van der Waals surface area (Å²) in [5.74, 6) is -0.971. The van der Waals surface area contributed by atoms with Gasteiger partial charge in [0.1, 0.15) is 0 Å². The lowest BCUT2D eigenvalue weighted by Crippen LogP contribution is -2.52. The molecular formula is C14H18ClNO4S. The summed E-state index contributed by atoms with van der Waals surface area (Å²) in [5, 5.41) is 9.75. The van der Waals surface area contributed by atoms with Gasteiger partial charge in [0.25, 0.3) is 0 Å². The van der Waals surface area contributed by atoms with Gasteiger partial charge in [0.2, 0.25) is 10.0 Å². The zero-order valence-corrected chi connectivity index (χ0v) is 13.2. The summed E-state index contributed by atoms with van der Waals surface area (Å²) < 4.78 is 27.3. The quantitative estimate of drug-likeness (QED) is 0.888. The summed E-state index contributed by atoms with van der Waals surface area (Å²) in [6, 6.07) is 5.31. The monoisotopic (exact) mass is 331 g/mol. The van der Waals surface area contributed by atoms with Gasteiger partial charge < -0.3 is 5.11 Å². The van der Waals surface area contributed by atoms with Gasteiger partial charge in [-0.15, -0.1) is 0 Å². The molecule has 0 saturated heterocycles. The number of nitrogens with one attached hydrogen (secondary N) is 1. The maximum absolute atomic E-state index is 12.4. The van der Waals surface area contributed by atoms with Crippen LogP contribution in [0.15, 0.2) is 29.2 Å². The van der Waals surface area contributed by atoms with E-state index in [2.05, 4.69) is 4.72 Å². The summed E-state index contributed by atoms with van der Waals surface area (Å²) in [6.07, 6.45) is 2.58. The molecule has 1 saturated carbocycles. The van der Waals surface area contributed by atoms with Crippen LogP contribution in [0, 0.1) is 5.41 Å². The lowest BCUT2D eigenvalue weighted by molar-refractivity contribution is -0.151. The highest BCUT2D eigenvalue weighted by atomic mass is 35.5. The second kappa shape index (κ2) is 5.94. The van der Waals surface area contributed by atoms with Gasteiger partial charge in [-0.3, -0.25) is 4.79 Å². The van der Waals surface area contributed by atoms with Crippen molar-refractivity contribution < 1.29 is 18.3 Å². The number of benzene rings is 1. The Morgan fingerprint density at radius 2 is 2.14 bits per heavy atom. The predicted octanol–water partition coefficient (Wildman–Crippen LogP) is 2.65. The second-order valence-corrected chi connectivity index (χ2v) is 7.75. The average Bonchev–Trinajstić information content (AvgIpc) is 2.41. The normalized spacial score (nSPS) is 26.5. The van der Waals surface area contributed by atoms with Crippen molar-refractivity contribution in [2.24, 2.45) is 5.41 Å². The predicted molar refractivity (Wildman–Crippen MR) is 79.8 cm³/mol. The first kappa shape index (κ1) is 16.3. The summed E-state index contributed by atoms with van der Waals surface area (Å²) in [4.78, 5) is 11.6. The third kappa shape index (κ3) is 3.39. The largest absolute Gasteiger partial charge is 0.481 e. The molecule has 5 nitrogen and oxygen atoms in total. The molecule has 0 heterocycles. The van der Waals surface area contributed by atoms with E-state index >= 15 is 0 Å². The van der Waals surface area contributed by atoms with Crippen LogP contribution in [0.2, 0.25) is 5.02 Å². The number of carboxylic acid groups (broad SMARTS) is 1. The number of halogens is 1. The molecule has 7 heteroatoms. The van der Waals surface area contributed by atoms with E-state index in [9.17, 15) is 18.3 Å². The Bertz CT molecular complexity index is 646. The third-order valence-electron chi connectivity index (χ3n) is 4.10. The molecule has 0 aromatic heterocycles. The third-order valence-corrected chi connectivity index (χ3v) is 5.80. The van der Waals surface area contributed by atoms with Crippen LogP contribution in [0.3, 0.4) is 0 Å². The van der Waals surface area contributed by atoms with Crippen molar-refractivity contribution in [1.29, 1.82) is 0 Å². The molecule has 1 aromatic carbocycles. The number of hydrogen-bond acceptors (Lipinski definition) is 3. The van der Waals surface area contributed by atoms with Crippen molar-refractivity contribution in [3.63, 3.8) is 0 Å². The van der Waals surface area contributed by atoms with E-state index in [0.717, 1.165) is 12.8 Å². The van der Waals surface area contributed by atoms with Crippen molar-refractivity contribution >= 4 is 27.6 Å². The van der Waals surface area contributed by atoms with Crippen molar-refractivity contribution in [3.05, 3.63) is 29.3 Å². The fourth-order valence-corrected chi connectivity index (χ4v) is 4.35. The summed E-state index contributed by atoms with van der Waals surface area (Å²) in [5.41, 5.74) is -1.08. The van der Waals surface area contributed by atoms with Gasteiger partial charge in [0, 0.05) is 11.1 Å². The summed E-state index contributed by atoms with van der Waals surface area (Å²) in [7, 11) is -3.78. The maximum atomic E-state index is 12.4. The fourth-order valence-electron chi connectivity index (χ4n) is 2.67. The van der Waals surface area contributed by atoms with Crippen molar-refractivity contribution in [1.82, 2.24) is 4.72 Å². The van der Waals surface area contributed by atoms with Gasteiger partial charge in [0.15, 0.2) is 0 Å². The minimum atomic E-state index is -3.78. The van der Waals surface area contributed by atoms with Gasteiger partial charge in [0.05, 0.1) is 10.3 Å². The Morgan fingerprint density at radius 1 is 1.43 bits per heavy atom. The van der Waals surface area contributed by atoms with Crippen LogP contribution < -0.4 is 4.72 Å². The molecule has 21 heavy (non-hydrogen) atoms. The molecule has 2 unspecified atom stereocenters. The van der Waals surface area contributed by atoms with Crippen molar-refractivity contribution in [3.8, 4) is 0 Å². The minimum absolute atomic E-state index is 0.0494. The highest BCUT2D eigenvalue weighted by Gasteiger charge is 2.44. The number of carbonyl (C=O) groups is 1. The van der Waals surface area contributed by atoms with Crippen molar-refractivity contribution in [2.75, 3.05) is 0 Å². The Hall–Kier alpha value is -1.11. The van der Waals surface area contributed by atoms with Gasteiger partial charge in [-0.2, -0.15) is 0 Å². The Kier molecular flexibility index (Phi) is 4.60. The Labute approximate surface area is 129 Å². The molecule has 1 fully saturated rings. The molecule has 1 aliphatic carbocycles. The van der Waals surface area contributed by atoms with E-state index in [1.807, 2.05) is 0 Å². The Balaban J connectivity index is 2.28. The van der Waals surface area contributed by atoms with E-state index in [-0.39, 0.29) is 4.90 Å². The van der Waals surface area contributed by atoms with Crippen LogP contribution in [0.5, 0.6) is 0 Å². The molecule has 1 aromatic rings. The van der Waals surface area contributed by atoms with Gasteiger partial charge in [-0.1, -0.05) is 30.5 Å². The minimum Gasteiger partial charge on any atom is -0.481 e. The second-order valence-electron chi connectivity index (χ2n) is 5.60. The summed E-state index contributed by atoms with van der Waals surface area (Å²) in [6.45, 7) is 1.60. The molecule has 1 aliphatic rings. The van der Waals surface area contributed by atoms with Crippen LogP contribution in [0.25, 0.3) is 0 Å². The Morgan fingerprint density at radius 3 is 2.76 bits per heavy atom. The maximum Gasteiger partial charge on any atom is 0.310 e. The highest BCUT2D eigenvalue weighted by Crippen LogP contribution is 2.37. The first-order chi connectivity index (χ1) is 9.75. The number of hydrogen-bond donors (Lipinski definition) is 2. The first-order valence-electron chi connectivity index (χ1n) is 6.77. The highest BCUT2D eigenvalue weighted by molar-refractivity contribution is 7.89. The van der Waals surface area contributed by atoms with E-state index < -0.39 is 27.4 Å². The van der Waals surface area contributed by atoms with Crippen LogP contribution in [0.4, 0.5) is 0 Å². The number of rotatable bonds is 4. The molecule has 2 rings (SSSR count). The fraction of sp³-hybridized carbons (Fsp3) is 0.500. The number of sulfonamides is 1. The number of aliphatic carboxylic acids is 1. The zero-order chi connectivity index (χ0) is 15.7. The van der Waals surface area contributed by atoms with E-state index in [0.29, 0.717) is 17.9 Å². The molecule has 0 bridgehead atoms. The topological polar surface area (TPSA) is 83.5 Å². The van der Waals surface area contributed by atoms with Crippen LogP contribution >= 0.6 is 11.6 Å². The van der Waals surface area contributed by atoms with Crippen LogP contribution in [0.1, 0.15) is 32.6 Å². The van der Waals surface area contributed by atoms with Crippen LogP contribution in [-0.2, 0) is 14.8 Å². The van der Waals surface area contributed by atoms with E-state index in [1.54, 1.807) is 19.1 Å². The van der Waals surface area contributed by atoms with Crippen LogP contribution in [-0.4, -0.2) is 25.5 Å². The molecular weight excluding hydrogens is 314 g/mol. The standard InChI is InChI=1S/C14H18ClNO4S/c1-14(13(17)18)8-3-2-7-12(14)16-21(19,20)11-6-4-5-10(15)9-11/h4-6,9,12,16H,2-3,7-8H2,1H3,(H,17,18). The van der Waals surface area contributed by atoms with Gasteiger partial charge >= 0.3 is 5.97 Å². The molecule has 2 N–H and O–H groups in total. The lowest BCUT2D eigenvalue weighted by Gasteiger charge is -2.38. The lowest BCUT2D eigenvalue weighted by atomic mass is 9.72. The molecule has 2 atom stereocenters. The van der Waals surface area contributed by atoms with Gasteiger partial charge in [-0.05, 0) is 38.0 Å².